The first-order chi connectivity index (χ1) is 9.13. The van der Waals surface area contributed by atoms with E-state index < -0.39 is 0 Å². The molecule has 0 radical (unpaired) electrons. The Morgan fingerprint density at radius 1 is 1.42 bits per heavy atom. The highest BCUT2D eigenvalue weighted by Crippen LogP contribution is 2.30. The van der Waals surface area contributed by atoms with Gasteiger partial charge < -0.3 is 10.0 Å². The van der Waals surface area contributed by atoms with Crippen LogP contribution < -0.4 is 4.90 Å². The van der Waals surface area contributed by atoms with Crippen LogP contribution in [0.15, 0.2) is 12.3 Å². The van der Waals surface area contributed by atoms with Crippen LogP contribution in [0.3, 0.4) is 0 Å². The summed E-state index contributed by atoms with van der Waals surface area (Å²) in [7, 11) is 0. The maximum Gasteiger partial charge on any atom is 0.171 e. The molecule has 4 heteroatoms. The molecule has 1 N–H and O–H groups in total. The van der Waals surface area contributed by atoms with E-state index in [1.165, 1.54) is 12.8 Å². The fourth-order valence-electron chi connectivity index (χ4n) is 2.81. The number of aromatic nitrogens is 1. The minimum absolute atomic E-state index is 0.276. The van der Waals surface area contributed by atoms with Gasteiger partial charge in [0, 0.05) is 24.3 Å². The zero-order chi connectivity index (χ0) is 13.8. The number of hydrogen-bond acceptors (Lipinski definition) is 3. The molecule has 19 heavy (non-hydrogen) atoms. The zero-order valence-electron chi connectivity index (χ0n) is 11.8. The monoisotopic (exact) mass is 266 g/mol. The molecule has 0 atom stereocenters. The van der Waals surface area contributed by atoms with Crippen LogP contribution in [0, 0.1) is 11.7 Å². The fraction of sp³-hybridized carbons (Fsp3) is 0.667. The first kappa shape index (κ1) is 14.3. The first-order valence-electron chi connectivity index (χ1n) is 7.14. The van der Waals surface area contributed by atoms with Gasteiger partial charge in [-0.3, -0.25) is 0 Å². The molecule has 106 valence electrons. The Kier molecular flexibility index (Phi) is 4.75. The van der Waals surface area contributed by atoms with Gasteiger partial charge in [-0.2, -0.15) is 0 Å². The molecule has 1 saturated carbocycles. The Hall–Kier alpha value is -1.16. The molecule has 1 aliphatic rings. The highest BCUT2D eigenvalue weighted by molar-refractivity contribution is 5.44. The highest BCUT2D eigenvalue weighted by atomic mass is 19.1. The van der Waals surface area contributed by atoms with Crippen molar-refractivity contribution >= 4 is 5.82 Å². The van der Waals surface area contributed by atoms with Gasteiger partial charge in [0.1, 0.15) is 0 Å². The summed E-state index contributed by atoms with van der Waals surface area (Å²) in [6.07, 6.45) is 6.22. The van der Waals surface area contributed by atoms with E-state index in [2.05, 4.69) is 23.7 Å². The number of halogens is 1. The van der Waals surface area contributed by atoms with Crippen LogP contribution in [-0.2, 0) is 6.61 Å². The standard InChI is InChI=1S/C15H23FN2O/c1-11(2)9-18(13-5-3-4-6-13)15-14(16)12(10-19)7-8-17-15/h7-8,11,13,19H,3-6,9-10H2,1-2H3. The van der Waals surface area contributed by atoms with E-state index in [0.29, 0.717) is 23.3 Å². The molecule has 0 amide bonds. The van der Waals surface area contributed by atoms with Gasteiger partial charge in [-0.15, -0.1) is 0 Å². The van der Waals surface area contributed by atoms with E-state index in [1.54, 1.807) is 12.3 Å². The third-order valence-electron chi connectivity index (χ3n) is 3.72. The molecule has 0 spiro atoms. The largest absolute Gasteiger partial charge is 0.392 e. The van der Waals surface area contributed by atoms with E-state index >= 15 is 0 Å². The maximum atomic E-state index is 14.4. The number of hydrogen-bond donors (Lipinski definition) is 1. The van der Waals surface area contributed by atoms with Crippen molar-refractivity contribution < 1.29 is 9.50 Å². The van der Waals surface area contributed by atoms with Crippen LogP contribution in [0.4, 0.5) is 10.2 Å². The predicted molar refractivity (Wildman–Crippen MR) is 74.6 cm³/mol. The van der Waals surface area contributed by atoms with Gasteiger partial charge in [0.15, 0.2) is 11.6 Å². The molecule has 1 aromatic rings. The summed E-state index contributed by atoms with van der Waals surface area (Å²) in [5.41, 5.74) is 0.330. The van der Waals surface area contributed by atoms with Crippen molar-refractivity contribution in [1.29, 1.82) is 0 Å². The summed E-state index contributed by atoms with van der Waals surface area (Å²) < 4.78 is 14.4. The van der Waals surface area contributed by atoms with Crippen molar-refractivity contribution in [3.05, 3.63) is 23.6 Å². The molecule has 0 bridgehead atoms. The van der Waals surface area contributed by atoms with Gasteiger partial charge in [-0.1, -0.05) is 26.7 Å². The van der Waals surface area contributed by atoms with Crippen LogP contribution in [0.25, 0.3) is 0 Å². The average molecular weight is 266 g/mol. The summed E-state index contributed by atoms with van der Waals surface area (Å²) in [4.78, 5) is 6.33. The lowest BCUT2D eigenvalue weighted by Crippen LogP contribution is -2.37. The van der Waals surface area contributed by atoms with Crippen molar-refractivity contribution in [1.82, 2.24) is 4.98 Å². The Labute approximate surface area is 114 Å². The summed E-state index contributed by atoms with van der Waals surface area (Å²) in [6, 6.07) is 1.93. The Balaban J connectivity index is 2.31. The number of nitrogens with zero attached hydrogens (tertiary/aromatic N) is 2. The van der Waals surface area contributed by atoms with Gasteiger partial charge in [0.2, 0.25) is 0 Å². The Morgan fingerprint density at radius 2 is 2.11 bits per heavy atom. The Morgan fingerprint density at radius 3 is 2.68 bits per heavy atom. The molecule has 0 aromatic carbocycles. The van der Waals surface area contributed by atoms with E-state index in [0.717, 1.165) is 19.4 Å². The van der Waals surface area contributed by atoms with Crippen LogP contribution >= 0.6 is 0 Å². The van der Waals surface area contributed by atoms with Crippen molar-refractivity contribution in [2.75, 3.05) is 11.4 Å². The molecule has 3 nitrogen and oxygen atoms in total. The van der Waals surface area contributed by atoms with Crippen LogP contribution in [0.2, 0.25) is 0 Å². The molecule has 0 aliphatic heterocycles. The minimum Gasteiger partial charge on any atom is -0.392 e. The molecule has 2 rings (SSSR count). The van der Waals surface area contributed by atoms with E-state index in [9.17, 15) is 9.50 Å². The normalized spacial score (nSPS) is 16.3. The molecule has 1 aromatic heterocycles. The van der Waals surface area contributed by atoms with Crippen molar-refractivity contribution in [3.63, 3.8) is 0 Å². The average Bonchev–Trinajstić information content (AvgIpc) is 2.90. The van der Waals surface area contributed by atoms with Crippen LogP contribution in [0.1, 0.15) is 45.1 Å². The third-order valence-corrected chi connectivity index (χ3v) is 3.72. The maximum absolute atomic E-state index is 14.4. The van der Waals surface area contributed by atoms with E-state index in [4.69, 9.17) is 0 Å². The Bertz CT molecular complexity index is 417. The van der Waals surface area contributed by atoms with E-state index in [1.807, 2.05) is 0 Å². The van der Waals surface area contributed by atoms with Crippen LogP contribution in [-0.4, -0.2) is 22.7 Å². The number of aliphatic hydroxyl groups is 1. The minimum atomic E-state index is -0.363. The molecular formula is C15H23FN2O. The van der Waals surface area contributed by atoms with Crippen molar-refractivity contribution in [2.45, 2.75) is 52.2 Å². The lowest BCUT2D eigenvalue weighted by atomic mass is 10.1. The fourth-order valence-corrected chi connectivity index (χ4v) is 2.81. The zero-order valence-corrected chi connectivity index (χ0v) is 11.8. The summed E-state index contributed by atoms with van der Waals surface area (Å²) in [5.74, 6) is 0.504. The van der Waals surface area contributed by atoms with Gasteiger partial charge >= 0.3 is 0 Å². The van der Waals surface area contributed by atoms with Crippen LogP contribution in [0.5, 0.6) is 0 Å². The third kappa shape index (κ3) is 3.24. The van der Waals surface area contributed by atoms with E-state index in [-0.39, 0.29) is 12.4 Å². The molecule has 1 heterocycles. The second-order valence-electron chi connectivity index (χ2n) is 5.75. The van der Waals surface area contributed by atoms with Gasteiger partial charge in [0.25, 0.3) is 0 Å². The summed E-state index contributed by atoms with van der Waals surface area (Å²) in [6.45, 7) is 4.80. The first-order valence-corrected chi connectivity index (χ1v) is 7.14. The SMILES string of the molecule is CC(C)CN(c1nccc(CO)c1F)C1CCCC1. The molecule has 0 unspecified atom stereocenters. The van der Waals surface area contributed by atoms with Gasteiger partial charge in [-0.05, 0) is 24.8 Å². The molecule has 1 aliphatic carbocycles. The smallest absolute Gasteiger partial charge is 0.171 e. The number of anilines is 1. The van der Waals surface area contributed by atoms with Gasteiger partial charge in [-0.25, -0.2) is 9.37 Å². The second kappa shape index (κ2) is 6.33. The summed E-state index contributed by atoms with van der Waals surface area (Å²) >= 11 is 0. The second-order valence-corrected chi connectivity index (χ2v) is 5.75. The summed E-state index contributed by atoms with van der Waals surface area (Å²) in [5, 5.41) is 9.19. The molecular weight excluding hydrogens is 243 g/mol. The van der Waals surface area contributed by atoms with Gasteiger partial charge in [0.05, 0.1) is 6.61 Å². The predicted octanol–water partition coefficient (Wildman–Crippen LogP) is 3.12. The van der Waals surface area contributed by atoms with Crippen molar-refractivity contribution in [2.24, 2.45) is 5.92 Å². The lowest BCUT2D eigenvalue weighted by Gasteiger charge is -2.32. The highest BCUT2D eigenvalue weighted by Gasteiger charge is 2.27. The number of pyridine rings is 1. The lowest BCUT2D eigenvalue weighted by molar-refractivity contribution is 0.275. The quantitative estimate of drug-likeness (QED) is 0.889. The van der Waals surface area contributed by atoms with Crippen molar-refractivity contribution in [3.8, 4) is 0 Å². The number of aliphatic hydroxyl groups excluding tert-OH is 1. The molecule has 0 saturated heterocycles. The number of rotatable bonds is 5. The molecule has 1 fully saturated rings. The topological polar surface area (TPSA) is 36.4 Å².